The van der Waals surface area contributed by atoms with Crippen molar-refractivity contribution in [2.24, 2.45) is 0 Å². The summed E-state index contributed by atoms with van der Waals surface area (Å²) in [7, 11) is 0. The molecule has 0 saturated heterocycles. The number of amides is 2. The molecule has 11 heteroatoms. The molecule has 0 atom stereocenters. The molecule has 0 aliphatic carbocycles. The Labute approximate surface area is 140 Å². The van der Waals surface area contributed by atoms with Crippen LogP contribution >= 0.6 is 11.8 Å². The first-order valence-electron chi connectivity index (χ1n) is 6.78. The van der Waals surface area contributed by atoms with E-state index in [-0.39, 0.29) is 35.7 Å². The molecule has 24 heavy (non-hydrogen) atoms. The molecule has 2 amide bonds. The number of hydrogen-bond acceptors (Lipinski definition) is 7. The lowest BCUT2D eigenvalue weighted by Crippen LogP contribution is -2.19. The van der Waals surface area contributed by atoms with Crippen LogP contribution in [0.4, 0.5) is 11.6 Å². The molecule has 2 aromatic heterocycles. The van der Waals surface area contributed by atoms with Crippen LogP contribution in [0.25, 0.3) is 0 Å². The van der Waals surface area contributed by atoms with E-state index in [4.69, 9.17) is 9.63 Å². The molecule has 0 spiro atoms. The SMILES string of the molecule is Cc1cc(NC(=O)CSCC(=O)Nc2ccn(CC(=O)O)n2)no1. The maximum atomic E-state index is 11.7. The third kappa shape index (κ3) is 5.76. The van der Waals surface area contributed by atoms with Gasteiger partial charge in [0.05, 0.1) is 11.5 Å². The molecule has 3 N–H and O–H groups in total. The Balaban J connectivity index is 1.68. The van der Waals surface area contributed by atoms with Crippen molar-refractivity contribution < 1.29 is 24.0 Å². The Hall–Kier alpha value is -2.82. The summed E-state index contributed by atoms with van der Waals surface area (Å²) in [5, 5.41) is 21.2. The standard InChI is InChI=1S/C13H15N5O5S/c1-8-4-10(17-23-8)15-12(20)7-24-6-11(19)14-9-2-3-18(16-9)5-13(21)22/h2-4H,5-7H2,1H3,(H,21,22)(H,14,16,19)(H,15,17,20). The van der Waals surface area contributed by atoms with E-state index in [1.54, 1.807) is 13.0 Å². The van der Waals surface area contributed by atoms with Crippen molar-refractivity contribution >= 4 is 41.2 Å². The summed E-state index contributed by atoms with van der Waals surface area (Å²) in [6.07, 6.45) is 1.45. The third-order valence-electron chi connectivity index (χ3n) is 2.57. The van der Waals surface area contributed by atoms with Crippen LogP contribution in [-0.2, 0) is 20.9 Å². The highest BCUT2D eigenvalue weighted by Crippen LogP contribution is 2.09. The van der Waals surface area contributed by atoms with Crippen LogP contribution in [0, 0.1) is 6.92 Å². The molecule has 0 bridgehead atoms. The van der Waals surface area contributed by atoms with Crippen molar-refractivity contribution in [1.82, 2.24) is 14.9 Å². The Morgan fingerprint density at radius 3 is 2.50 bits per heavy atom. The van der Waals surface area contributed by atoms with Gasteiger partial charge in [0.1, 0.15) is 12.3 Å². The molecule has 10 nitrogen and oxygen atoms in total. The Bertz CT molecular complexity index is 741. The predicted molar refractivity (Wildman–Crippen MR) is 85.7 cm³/mol. The zero-order valence-corrected chi connectivity index (χ0v) is 13.5. The number of carbonyl (C=O) groups excluding carboxylic acids is 2. The molecular weight excluding hydrogens is 338 g/mol. The Morgan fingerprint density at radius 2 is 1.92 bits per heavy atom. The second kappa shape index (κ2) is 8.15. The molecule has 0 aliphatic rings. The van der Waals surface area contributed by atoms with Crippen molar-refractivity contribution in [3.63, 3.8) is 0 Å². The van der Waals surface area contributed by atoms with Crippen LogP contribution < -0.4 is 10.6 Å². The minimum absolute atomic E-state index is 0.0526. The normalized spacial score (nSPS) is 10.4. The number of rotatable bonds is 8. The molecular formula is C13H15N5O5S. The monoisotopic (exact) mass is 353 g/mol. The molecule has 128 valence electrons. The summed E-state index contributed by atoms with van der Waals surface area (Å²) in [6, 6.07) is 3.08. The molecule has 0 radical (unpaired) electrons. The lowest BCUT2D eigenvalue weighted by Gasteiger charge is -2.03. The molecule has 2 rings (SSSR count). The smallest absolute Gasteiger partial charge is 0.325 e. The van der Waals surface area contributed by atoms with Crippen LogP contribution in [0.3, 0.4) is 0 Å². The fourth-order valence-electron chi connectivity index (χ4n) is 1.67. The molecule has 0 aliphatic heterocycles. The number of thioether (sulfide) groups is 1. The molecule has 0 unspecified atom stereocenters. The number of carboxylic acids is 1. The maximum Gasteiger partial charge on any atom is 0.325 e. The van der Waals surface area contributed by atoms with Crippen LogP contribution in [0.5, 0.6) is 0 Å². The Morgan fingerprint density at radius 1 is 1.25 bits per heavy atom. The number of anilines is 2. The molecule has 2 heterocycles. The largest absolute Gasteiger partial charge is 0.480 e. The quantitative estimate of drug-likeness (QED) is 0.626. The number of hydrogen-bond donors (Lipinski definition) is 3. The highest BCUT2D eigenvalue weighted by atomic mass is 32.2. The van der Waals surface area contributed by atoms with E-state index in [9.17, 15) is 14.4 Å². The van der Waals surface area contributed by atoms with Gasteiger partial charge in [-0.2, -0.15) is 5.10 Å². The van der Waals surface area contributed by atoms with Gasteiger partial charge in [-0.1, -0.05) is 5.16 Å². The minimum atomic E-state index is -1.03. The van der Waals surface area contributed by atoms with Gasteiger partial charge in [-0.05, 0) is 6.92 Å². The zero-order valence-electron chi connectivity index (χ0n) is 12.7. The van der Waals surface area contributed by atoms with Gasteiger partial charge in [-0.3, -0.25) is 19.1 Å². The summed E-state index contributed by atoms with van der Waals surface area (Å²) < 4.78 is 6.01. The van der Waals surface area contributed by atoms with Gasteiger partial charge in [0.15, 0.2) is 11.6 Å². The second-order valence-electron chi connectivity index (χ2n) is 4.70. The number of aliphatic carboxylic acids is 1. The Kier molecular flexibility index (Phi) is 5.95. The summed E-state index contributed by atoms with van der Waals surface area (Å²) >= 11 is 1.12. The van der Waals surface area contributed by atoms with Crippen LogP contribution in [0.15, 0.2) is 22.9 Å². The molecule has 0 saturated carbocycles. The first kappa shape index (κ1) is 17.5. The zero-order chi connectivity index (χ0) is 17.5. The van der Waals surface area contributed by atoms with Gasteiger partial charge < -0.3 is 20.3 Å². The average molecular weight is 353 g/mol. The van der Waals surface area contributed by atoms with Gasteiger partial charge in [0.25, 0.3) is 0 Å². The molecule has 0 fully saturated rings. The average Bonchev–Trinajstić information content (AvgIpc) is 3.07. The minimum Gasteiger partial charge on any atom is -0.480 e. The van der Waals surface area contributed by atoms with Gasteiger partial charge in [0, 0.05) is 18.3 Å². The predicted octanol–water partition coefficient (Wildman–Crippen LogP) is 0.575. The van der Waals surface area contributed by atoms with E-state index < -0.39 is 5.97 Å². The van der Waals surface area contributed by atoms with Crippen LogP contribution in [0.2, 0.25) is 0 Å². The van der Waals surface area contributed by atoms with Crippen LogP contribution in [0.1, 0.15) is 5.76 Å². The van der Waals surface area contributed by atoms with Crippen molar-refractivity contribution in [3.05, 3.63) is 24.1 Å². The van der Waals surface area contributed by atoms with E-state index in [0.717, 1.165) is 11.8 Å². The van der Waals surface area contributed by atoms with Gasteiger partial charge in [-0.15, -0.1) is 11.8 Å². The fraction of sp³-hybridized carbons (Fsp3) is 0.308. The number of carbonyl (C=O) groups is 3. The number of aryl methyl sites for hydroxylation is 1. The lowest BCUT2D eigenvalue weighted by molar-refractivity contribution is -0.137. The summed E-state index contributed by atoms with van der Waals surface area (Å²) in [6.45, 7) is 1.42. The molecule has 2 aromatic rings. The first-order valence-corrected chi connectivity index (χ1v) is 7.94. The number of nitrogens with one attached hydrogen (secondary N) is 2. The number of aromatic nitrogens is 3. The highest BCUT2D eigenvalue weighted by Gasteiger charge is 2.10. The van der Waals surface area contributed by atoms with Crippen molar-refractivity contribution in [3.8, 4) is 0 Å². The van der Waals surface area contributed by atoms with E-state index in [1.165, 1.54) is 16.9 Å². The van der Waals surface area contributed by atoms with E-state index >= 15 is 0 Å². The van der Waals surface area contributed by atoms with Crippen molar-refractivity contribution in [1.29, 1.82) is 0 Å². The van der Waals surface area contributed by atoms with Gasteiger partial charge in [0.2, 0.25) is 11.8 Å². The van der Waals surface area contributed by atoms with Crippen LogP contribution in [-0.4, -0.2) is 49.3 Å². The van der Waals surface area contributed by atoms with Crippen molar-refractivity contribution in [2.45, 2.75) is 13.5 Å². The van der Waals surface area contributed by atoms with E-state index in [1.807, 2.05) is 0 Å². The first-order chi connectivity index (χ1) is 11.4. The topological polar surface area (TPSA) is 139 Å². The van der Waals surface area contributed by atoms with Crippen molar-refractivity contribution in [2.75, 3.05) is 22.1 Å². The third-order valence-corrected chi connectivity index (χ3v) is 3.50. The fourth-order valence-corrected chi connectivity index (χ4v) is 2.29. The van der Waals surface area contributed by atoms with Gasteiger partial charge in [-0.25, -0.2) is 0 Å². The summed E-state index contributed by atoms with van der Waals surface area (Å²) in [5.41, 5.74) is 0. The molecule has 0 aromatic carbocycles. The summed E-state index contributed by atoms with van der Waals surface area (Å²) in [4.78, 5) is 33.9. The van der Waals surface area contributed by atoms with E-state index in [0.29, 0.717) is 11.6 Å². The maximum absolute atomic E-state index is 11.7. The highest BCUT2D eigenvalue weighted by molar-refractivity contribution is 8.00. The van der Waals surface area contributed by atoms with Gasteiger partial charge >= 0.3 is 5.97 Å². The lowest BCUT2D eigenvalue weighted by atomic mass is 10.5. The summed E-state index contributed by atoms with van der Waals surface area (Å²) in [5.74, 6) is -0.378. The van der Waals surface area contributed by atoms with E-state index in [2.05, 4.69) is 20.9 Å². The number of nitrogens with zero attached hydrogens (tertiary/aromatic N) is 3. The second-order valence-corrected chi connectivity index (χ2v) is 5.69. The number of carboxylic acid groups (broad SMARTS) is 1.